The third-order valence-electron chi connectivity index (χ3n) is 4.57. The first-order valence-corrected chi connectivity index (χ1v) is 8.62. The fourth-order valence-corrected chi connectivity index (χ4v) is 3.97. The highest BCUT2D eigenvalue weighted by atomic mass is 32.1. The summed E-state index contributed by atoms with van der Waals surface area (Å²) in [6, 6.07) is 4.49. The molecule has 2 rings (SSSR count). The van der Waals surface area contributed by atoms with E-state index in [4.69, 9.17) is 4.74 Å². The van der Waals surface area contributed by atoms with Crippen LogP contribution in [-0.4, -0.2) is 19.1 Å². The molecule has 1 aliphatic rings. The topological polar surface area (TPSA) is 38.3 Å². The van der Waals surface area contributed by atoms with Crippen LogP contribution in [0, 0.1) is 11.3 Å². The maximum Gasteiger partial charge on any atom is 0.348 e. The summed E-state index contributed by atoms with van der Waals surface area (Å²) >= 11 is 1.52. The second kappa shape index (κ2) is 6.93. The molecule has 1 aromatic heterocycles. The molecule has 0 aromatic carbocycles. The number of esters is 1. The third-order valence-corrected chi connectivity index (χ3v) is 5.63. The number of rotatable bonds is 4. The Hall–Kier alpha value is -0.870. The Morgan fingerprint density at radius 3 is 2.52 bits per heavy atom. The highest BCUT2D eigenvalue weighted by Gasteiger charge is 2.29. The summed E-state index contributed by atoms with van der Waals surface area (Å²) < 4.78 is 4.74. The van der Waals surface area contributed by atoms with Crippen LogP contribution in [0.1, 0.15) is 61.0 Å². The number of ether oxygens (including phenoxy) is 1. The van der Waals surface area contributed by atoms with Gasteiger partial charge in [0.2, 0.25) is 0 Å². The van der Waals surface area contributed by atoms with Crippen molar-refractivity contribution in [3.63, 3.8) is 0 Å². The molecule has 0 radical (unpaired) electrons. The lowest BCUT2D eigenvalue weighted by Gasteiger charge is -2.37. The van der Waals surface area contributed by atoms with Crippen LogP contribution in [0.3, 0.4) is 0 Å². The van der Waals surface area contributed by atoms with E-state index >= 15 is 0 Å². The number of hydrogen-bond acceptors (Lipinski definition) is 4. The molecule has 3 nitrogen and oxygen atoms in total. The molecule has 0 bridgehead atoms. The van der Waals surface area contributed by atoms with Gasteiger partial charge in [-0.2, -0.15) is 0 Å². The molecule has 0 unspecified atom stereocenters. The van der Waals surface area contributed by atoms with Gasteiger partial charge in [-0.15, -0.1) is 11.3 Å². The van der Waals surface area contributed by atoms with Gasteiger partial charge in [0.1, 0.15) is 4.88 Å². The van der Waals surface area contributed by atoms with Gasteiger partial charge in [-0.05, 0) is 49.1 Å². The van der Waals surface area contributed by atoms with Crippen LogP contribution in [0.25, 0.3) is 0 Å². The van der Waals surface area contributed by atoms with Gasteiger partial charge >= 0.3 is 5.97 Å². The molecule has 0 saturated heterocycles. The van der Waals surface area contributed by atoms with Crippen molar-refractivity contribution in [3.8, 4) is 0 Å². The molecule has 0 atom stereocenters. The van der Waals surface area contributed by atoms with Crippen LogP contribution in [0.5, 0.6) is 0 Å². The molecule has 1 saturated carbocycles. The molecule has 1 aliphatic carbocycles. The smallest absolute Gasteiger partial charge is 0.348 e. The van der Waals surface area contributed by atoms with Crippen LogP contribution < -0.4 is 5.32 Å². The lowest BCUT2D eigenvalue weighted by atomic mass is 9.71. The minimum Gasteiger partial charge on any atom is -0.465 e. The summed E-state index contributed by atoms with van der Waals surface area (Å²) in [7, 11) is 1.42. The fraction of sp³-hybridized carbons (Fsp3) is 0.706. The predicted octanol–water partition coefficient (Wildman–Crippen LogP) is 4.23. The van der Waals surface area contributed by atoms with Gasteiger partial charge in [-0.3, -0.25) is 0 Å². The molecule has 1 fully saturated rings. The Kier molecular flexibility index (Phi) is 5.44. The van der Waals surface area contributed by atoms with Gasteiger partial charge in [0.15, 0.2) is 0 Å². The van der Waals surface area contributed by atoms with Crippen molar-refractivity contribution < 1.29 is 9.53 Å². The zero-order chi connectivity index (χ0) is 15.5. The van der Waals surface area contributed by atoms with Gasteiger partial charge in [0.05, 0.1) is 7.11 Å². The Morgan fingerprint density at radius 1 is 1.29 bits per heavy atom. The van der Waals surface area contributed by atoms with E-state index in [1.165, 1.54) is 49.0 Å². The van der Waals surface area contributed by atoms with Gasteiger partial charge in [0.25, 0.3) is 0 Å². The van der Waals surface area contributed by atoms with Crippen LogP contribution >= 0.6 is 11.3 Å². The zero-order valence-electron chi connectivity index (χ0n) is 13.6. The summed E-state index contributed by atoms with van der Waals surface area (Å²) in [5.41, 5.74) is 0.439. The first kappa shape index (κ1) is 16.5. The summed E-state index contributed by atoms with van der Waals surface area (Å²) in [6.45, 7) is 7.91. The number of thiophene rings is 1. The number of carbonyl (C=O) groups excluding carboxylic acids is 1. The maximum atomic E-state index is 11.4. The van der Waals surface area contributed by atoms with Crippen molar-refractivity contribution in [2.75, 3.05) is 7.11 Å². The standard InChI is InChI=1S/C17H27NO2S/c1-17(2,3)12-5-7-13(8-6-12)18-11-14-9-10-15(21-14)16(19)20-4/h9-10,12-13,18H,5-8,11H2,1-4H3. The van der Waals surface area contributed by atoms with Crippen LogP contribution in [0.2, 0.25) is 0 Å². The van der Waals surface area contributed by atoms with Crippen LogP contribution in [0.4, 0.5) is 0 Å². The van der Waals surface area contributed by atoms with Gasteiger partial charge in [-0.25, -0.2) is 4.79 Å². The average Bonchev–Trinajstić information content (AvgIpc) is 2.92. The molecule has 1 heterocycles. The Balaban J connectivity index is 1.77. The highest BCUT2D eigenvalue weighted by Crippen LogP contribution is 2.37. The lowest BCUT2D eigenvalue weighted by molar-refractivity contribution is 0.0606. The molecule has 4 heteroatoms. The molecular formula is C17H27NO2S. The Morgan fingerprint density at radius 2 is 1.95 bits per heavy atom. The highest BCUT2D eigenvalue weighted by molar-refractivity contribution is 7.13. The van der Waals surface area contributed by atoms with Crippen molar-refractivity contribution in [3.05, 3.63) is 21.9 Å². The summed E-state index contributed by atoms with van der Waals surface area (Å²) in [5.74, 6) is 0.611. The number of hydrogen-bond donors (Lipinski definition) is 1. The van der Waals surface area contributed by atoms with E-state index in [-0.39, 0.29) is 5.97 Å². The quantitative estimate of drug-likeness (QED) is 0.846. The second-order valence-corrected chi connectivity index (χ2v) is 8.22. The minimum absolute atomic E-state index is 0.239. The molecule has 0 aliphatic heterocycles. The Labute approximate surface area is 132 Å². The molecule has 1 N–H and O–H groups in total. The molecule has 0 amide bonds. The molecule has 118 valence electrons. The summed E-state index contributed by atoms with van der Waals surface area (Å²) in [4.78, 5) is 13.3. The normalized spacial score (nSPS) is 23.0. The monoisotopic (exact) mass is 309 g/mol. The fourth-order valence-electron chi connectivity index (χ4n) is 3.09. The molecular weight excluding hydrogens is 282 g/mol. The predicted molar refractivity (Wildman–Crippen MR) is 87.7 cm³/mol. The molecule has 0 spiro atoms. The van der Waals surface area contributed by atoms with Crippen molar-refractivity contribution in [1.82, 2.24) is 5.32 Å². The van der Waals surface area contributed by atoms with E-state index in [0.717, 1.165) is 12.5 Å². The van der Waals surface area contributed by atoms with Crippen molar-refractivity contribution in [2.45, 2.75) is 59.0 Å². The van der Waals surface area contributed by atoms with Gasteiger partial charge in [-0.1, -0.05) is 20.8 Å². The van der Waals surface area contributed by atoms with E-state index < -0.39 is 0 Å². The van der Waals surface area contributed by atoms with E-state index in [0.29, 0.717) is 16.3 Å². The summed E-state index contributed by atoms with van der Waals surface area (Å²) in [6.07, 6.45) is 5.16. The van der Waals surface area contributed by atoms with Gasteiger partial charge in [0, 0.05) is 17.5 Å². The van der Waals surface area contributed by atoms with Crippen molar-refractivity contribution in [1.29, 1.82) is 0 Å². The van der Waals surface area contributed by atoms with E-state index in [1.54, 1.807) is 0 Å². The lowest BCUT2D eigenvalue weighted by Crippen LogP contribution is -2.35. The average molecular weight is 309 g/mol. The minimum atomic E-state index is -0.239. The number of nitrogens with one attached hydrogen (secondary N) is 1. The third kappa shape index (κ3) is 4.55. The first-order chi connectivity index (χ1) is 9.90. The molecule has 1 aromatic rings. The van der Waals surface area contributed by atoms with E-state index in [2.05, 4.69) is 26.1 Å². The van der Waals surface area contributed by atoms with Crippen LogP contribution in [0.15, 0.2) is 12.1 Å². The van der Waals surface area contributed by atoms with E-state index in [9.17, 15) is 4.79 Å². The van der Waals surface area contributed by atoms with E-state index in [1.807, 2.05) is 12.1 Å². The Bertz CT molecular complexity index is 467. The van der Waals surface area contributed by atoms with Gasteiger partial charge < -0.3 is 10.1 Å². The largest absolute Gasteiger partial charge is 0.465 e. The molecule has 21 heavy (non-hydrogen) atoms. The number of carbonyl (C=O) groups is 1. The SMILES string of the molecule is COC(=O)c1ccc(CNC2CCC(C(C)(C)C)CC2)s1. The first-order valence-electron chi connectivity index (χ1n) is 7.80. The van der Waals surface area contributed by atoms with Crippen molar-refractivity contribution >= 4 is 17.3 Å². The maximum absolute atomic E-state index is 11.4. The summed E-state index contributed by atoms with van der Waals surface area (Å²) in [5, 5.41) is 3.64. The van der Waals surface area contributed by atoms with Crippen molar-refractivity contribution in [2.24, 2.45) is 11.3 Å². The number of methoxy groups -OCH3 is 1. The zero-order valence-corrected chi connectivity index (χ0v) is 14.4. The second-order valence-electron chi connectivity index (χ2n) is 7.05. The van der Waals surface area contributed by atoms with Crippen LogP contribution in [-0.2, 0) is 11.3 Å².